The van der Waals surface area contributed by atoms with Gasteiger partial charge in [0, 0.05) is 12.0 Å². The van der Waals surface area contributed by atoms with Gasteiger partial charge in [0.15, 0.2) is 0 Å². The lowest BCUT2D eigenvalue weighted by atomic mass is 9.99. The van der Waals surface area contributed by atoms with E-state index in [1.54, 1.807) is 25.1 Å². The fraction of sp³-hybridized carbons (Fsp3) is 0.231. The summed E-state index contributed by atoms with van der Waals surface area (Å²) < 4.78 is 5.52. The summed E-state index contributed by atoms with van der Waals surface area (Å²) in [6.07, 6.45) is -0.224. The topological polar surface area (TPSA) is 95.2 Å². The zero-order valence-corrected chi connectivity index (χ0v) is 10.2. The summed E-state index contributed by atoms with van der Waals surface area (Å²) in [6.45, 7) is 1.67. The maximum absolute atomic E-state index is 11.7. The maximum Gasteiger partial charge on any atom is 0.328 e. The highest BCUT2D eigenvalue weighted by Gasteiger charge is 2.21. The number of fused-ring (bicyclic) bond motifs is 2. The Kier molecular flexibility index (Phi) is 2.53. The van der Waals surface area contributed by atoms with Gasteiger partial charge in [0.05, 0.1) is 11.7 Å². The second-order valence-corrected chi connectivity index (χ2v) is 4.54. The molecule has 0 radical (unpaired) electrons. The van der Waals surface area contributed by atoms with E-state index in [0.29, 0.717) is 17.7 Å². The van der Waals surface area contributed by atoms with E-state index in [0.717, 1.165) is 11.1 Å². The zero-order valence-electron chi connectivity index (χ0n) is 10.2. The molecular weight excluding hydrogens is 248 g/mol. The first-order valence-electron chi connectivity index (χ1n) is 5.89. The Labute approximate surface area is 107 Å². The molecule has 0 saturated carbocycles. The first kappa shape index (κ1) is 11.7. The van der Waals surface area contributed by atoms with Crippen molar-refractivity contribution in [2.45, 2.75) is 19.4 Å². The van der Waals surface area contributed by atoms with Gasteiger partial charge in [0.25, 0.3) is 5.56 Å². The minimum atomic E-state index is -0.590. The highest BCUT2D eigenvalue weighted by Crippen LogP contribution is 2.34. The molecule has 6 heteroatoms. The largest absolute Gasteiger partial charge is 0.440 e. The predicted molar refractivity (Wildman–Crippen MR) is 67.6 cm³/mol. The maximum atomic E-state index is 11.7. The Morgan fingerprint density at radius 2 is 2.11 bits per heavy atom. The van der Waals surface area contributed by atoms with Gasteiger partial charge < -0.3 is 9.84 Å². The van der Waals surface area contributed by atoms with Crippen LogP contribution in [0.15, 0.2) is 27.8 Å². The standard InChI is InChI=1S/C13H12N2O4/c1-6(16)7-2-3-10-8(4-7)5-9-11(17)14-13(18)15-12(9)19-10/h2-4,6,16H,5H2,1H3,(H2,14,15,17,18). The number of aromatic amines is 2. The van der Waals surface area contributed by atoms with Gasteiger partial charge in [-0.2, -0.15) is 0 Å². The lowest BCUT2D eigenvalue weighted by Crippen LogP contribution is -2.28. The van der Waals surface area contributed by atoms with Gasteiger partial charge in [-0.25, -0.2) is 4.79 Å². The van der Waals surface area contributed by atoms with E-state index in [9.17, 15) is 14.7 Å². The van der Waals surface area contributed by atoms with Crippen LogP contribution in [0.25, 0.3) is 0 Å². The fourth-order valence-electron chi connectivity index (χ4n) is 2.14. The van der Waals surface area contributed by atoms with Crippen LogP contribution in [0.5, 0.6) is 11.6 Å². The number of nitrogens with one attached hydrogen (secondary N) is 2. The van der Waals surface area contributed by atoms with Crippen molar-refractivity contribution in [2.24, 2.45) is 0 Å². The minimum Gasteiger partial charge on any atom is -0.440 e. The van der Waals surface area contributed by atoms with Crippen LogP contribution in [0.4, 0.5) is 0 Å². The second-order valence-electron chi connectivity index (χ2n) is 4.54. The number of aliphatic hydroxyl groups is 1. The monoisotopic (exact) mass is 260 g/mol. The van der Waals surface area contributed by atoms with Crippen LogP contribution < -0.4 is 16.0 Å². The highest BCUT2D eigenvalue weighted by molar-refractivity contribution is 5.47. The van der Waals surface area contributed by atoms with Gasteiger partial charge in [0.1, 0.15) is 5.75 Å². The molecule has 2 heterocycles. The number of hydrogen-bond donors (Lipinski definition) is 3. The normalized spacial score (nSPS) is 14.2. The Morgan fingerprint density at radius 1 is 1.32 bits per heavy atom. The van der Waals surface area contributed by atoms with E-state index >= 15 is 0 Å². The summed E-state index contributed by atoms with van der Waals surface area (Å²) in [4.78, 5) is 27.5. The van der Waals surface area contributed by atoms with Crippen molar-refractivity contribution in [3.05, 3.63) is 55.7 Å². The van der Waals surface area contributed by atoms with E-state index < -0.39 is 17.4 Å². The number of rotatable bonds is 1. The van der Waals surface area contributed by atoms with Crippen LogP contribution >= 0.6 is 0 Å². The lowest BCUT2D eigenvalue weighted by molar-refractivity contribution is 0.199. The number of ether oxygens (including phenoxy) is 1. The molecular formula is C13H12N2O4. The van der Waals surface area contributed by atoms with Crippen LogP contribution in [-0.2, 0) is 6.42 Å². The lowest BCUT2D eigenvalue weighted by Gasteiger charge is -2.19. The van der Waals surface area contributed by atoms with Crippen LogP contribution in [0.3, 0.4) is 0 Å². The SMILES string of the molecule is CC(O)c1ccc2c(c1)Cc1c([nH]c(=O)[nH]c1=O)O2. The fourth-order valence-corrected chi connectivity index (χ4v) is 2.14. The van der Waals surface area contributed by atoms with E-state index in [4.69, 9.17) is 4.74 Å². The molecule has 0 spiro atoms. The third-order valence-electron chi connectivity index (χ3n) is 3.15. The Bertz CT molecular complexity index is 758. The quantitative estimate of drug-likeness (QED) is 0.603. The predicted octanol–water partition coefficient (Wildman–Crippen LogP) is 0.813. The third-order valence-corrected chi connectivity index (χ3v) is 3.15. The van der Waals surface area contributed by atoms with Crippen LogP contribution in [-0.4, -0.2) is 15.1 Å². The van der Waals surface area contributed by atoms with Gasteiger partial charge in [-0.3, -0.25) is 14.8 Å². The van der Waals surface area contributed by atoms with Gasteiger partial charge in [-0.05, 0) is 24.6 Å². The summed E-state index contributed by atoms with van der Waals surface area (Å²) in [5.74, 6) is 0.768. The van der Waals surface area contributed by atoms with Crippen molar-refractivity contribution in [3.63, 3.8) is 0 Å². The molecule has 1 unspecified atom stereocenters. The summed E-state index contributed by atoms with van der Waals surface area (Å²) in [6, 6.07) is 5.27. The average Bonchev–Trinajstić information content (AvgIpc) is 2.36. The zero-order chi connectivity index (χ0) is 13.6. The number of aromatic nitrogens is 2. The molecule has 0 saturated heterocycles. The highest BCUT2D eigenvalue weighted by atomic mass is 16.5. The van der Waals surface area contributed by atoms with Crippen molar-refractivity contribution in [2.75, 3.05) is 0 Å². The van der Waals surface area contributed by atoms with Crippen molar-refractivity contribution >= 4 is 0 Å². The van der Waals surface area contributed by atoms with Gasteiger partial charge >= 0.3 is 5.69 Å². The van der Waals surface area contributed by atoms with E-state index in [1.807, 2.05) is 0 Å². The number of hydrogen-bond acceptors (Lipinski definition) is 4. The smallest absolute Gasteiger partial charge is 0.328 e. The molecule has 2 aromatic rings. The summed E-state index contributed by atoms with van der Waals surface area (Å²) in [5.41, 5.74) is 0.907. The molecule has 1 aliphatic heterocycles. The molecule has 1 aromatic heterocycles. The third kappa shape index (κ3) is 1.96. The molecule has 0 fully saturated rings. The summed E-state index contributed by atoms with van der Waals surface area (Å²) in [7, 11) is 0. The molecule has 0 amide bonds. The van der Waals surface area contributed by atoms with Crippen molar-refractivity contribution in [1.29, 1.82) is 0 Å². The molecule has 98 valence electrons. The van der Waals surface area contributed by atoms with Crippen LogP contribution in [0.1, 0.15) is 29.7 Å². The Hall–Kier alpha value is -2.34. The van der Waals surface area contributed by atoms with Gasteiger partial charge in [-0.1, -0.05) is 6.07 Å². The van der Waals surface area contributed by atoms with E-state index in [1.165, 1.54) is 0 Å². The molecule has 6 nitrogen and oxygen atoms in total. The molecule has 3 N–H and O–H groups in total. The summed E-state index contributed by atoms with van der Waals surface area (Å²) >= 11 is 0. The van der Waals surface area contributed by atoms with Crippen molar-refractivity contribution < 1.29 is 9.84 Å². The molecule has 1 aliphatic rings. The number of benzene rings is 1. The first-order chi connectivity index (χ1) is 9.04. The molecule has 3 rings (SSSR count). The minimum absolute atomic E-state index is 0.186. The molecule has 0 aliphatic carbocycles. The van der Waals surface area contributed by atoms with Crippen LogP contribution in [0.2, 0.25) is 0 Å². The molecule has 1 aromatic carbocycles. The average molecular weight is 260 g/mol. The Balaban J connectivity index is 2.12. The number of aliphatic hydroxyl groups excluding tert-OH is 1. The first-order valence-corrected chi connectivity index (χ1v) is 5.89. The van der Waals surface area contributed by atoms with Crippen molar-refractivity contribution in [1.82, 2.24) is 9.97 Å². The van der Waals surface area contributed by atoms with Gasteiger partial charge in [-0.15, -0.1) is 0 Å². The number of H-pyrrole nitrogens is 2. The Morgan fingerprint density at radius 3 is 2.84 bits per heavy atom. The van der Waals surface area contributed by atoms with E-state index in [-0.39, 0.29) is 5.88 Å². The molecule has 19 heavy (non-hydrogen) atoms. The molecule has 1 atom stereocenters. The second kappa shape index (κ2) is 4.10. The summed E-state index contributed by atoms with van der Waals surface area (Å²) in [5, 5.41) is 9.56. The van der Waals surface area contributed by atoms with Gasteiger partial charge in [0.2, 0.25) is 5.88 Å². The van der Waals surface area contributed by atoms with Crippen LogP contribution in [0, 0.1) is 0 Å². The molecule has 0 bridgehead atoms. The van der Waals surface area contributed by atoms with E-state index in [2.05, 4.69) is 9.97 Å². The van der Waals surface area contributed by atoms with Crippen molar-refractivity contribution in [3.8, 4) is 11.6 Å².